The Morgan fingerprint density at radius 3 is 2.50 bits per heavy atom. The highest BCUT2D eigenvalue weighted by Crippen LogP contribution is 2.18. The van der Waals surface area contributed by atoms with Gasteiger partial charge in [-0.2, -0.15) is 0 Å². The summed E-state index contributed by atoms with van der Waals surface area (Å²) in [6, 6.07) is 7.90. The maximum Gasteiger partial charge on any atom is 0.237 e. The number of hydrogen-bond acceptors (Lipinski definition) is 3. The van der Waals surface area contributed by atoms with Gasteiger partial charge in [0, 0.05) is 25.3 Å². The molecule has 1 rings (SSSR count). The summed E-state index contributed by atoms with van der Waals surface area (Å²) in [6.45, 7) is 10.6. The summed E-state index contributed by atoms with van der Waals surface area (Å²) in [5.41, 5.74) is 8.40. The first-order valence-electron chi connectivity index (χ1n) is 7.85. The van der Waals surface area contributed by atoms with E-state index in [1.165, 1.54) is 11.3 Å². The van der Waals surface area contributed by atoms with E-state index in [0.717, 1.165) is 19.5 Å². The number of amides is 1. The van der Waals surface area contributed by atoms with Crippen molar-refractivity contribution in [3.05, 3.63) is 29.8 Å². The number of aryl methyl sites for hydroxylation is 1. The monoisotopic (exact) mass is 327 g/mol. The number of likely N-dealkylation sites (N-methyl/N-ethyl adjacent to an activating group) is 1. The molecule has 2 unspecified atom stereocenters. The van der Waals surface area contributed by atoms with Crippen molar-refractivity contribution in [2.45, 2.75) is 40.2 Å². The van der Waals surface area contributed by atoms with E-state index in [1.54, 1.807) is 0 Å². The molecule has 0 aliphatic heterocycles. The number of para-hydroxylation sites is 1. The predicted octanol–water partition coefficient (Wildman–Crippen LogP) is 2.73. The summed E-state index contributed by atoms with van der Waals surface area (Å²) in [7, 11) is 0. The largest absolute Gasteiger partial charge is 0.370 e. The first-order valence-corrected chi connectivity index (χ1v) is 7.85. The maximum absolute atomic E-state index is 12.0. The van der Waals surface area contributed by atoms with Gasteiger partial charge in [-0.25, -0.2) is 0 Å². The Labute approximate surface area is 140 Å². The second-order valence-corrected chi connectivity index (χ2v) is 5.57. The first-order chi connectivity index (χ1) is 10.0. The second kappa shape index (κ2) is 10.5. The van der Waals surface area contributed by atoms with E-state index in [1.807, 2.05) is 19.1 Å². The second-order valence-electron chi connectivity index (χ2n) is 5.57. The lowest BCUT2D eigenvalue weighted by Crippen LogP contribution is -2.46. The van der Waals surface area contributed by atoms with Gasteiger partial charge in [-0.15, -0.1) is 12.4 Å². The summed E-state index contributed by atoms with van der Waals surface area (Å²) < 4.78 is 0. The van der Waals surface area contributed by atoms with Crippen LogP contribution < -0.4 is 16.0 Å². The molecule has 0 saturated carbocycles. The van der Waals surface area contributed by atoms with Gasteiger partial charge in [0.05, 0.1) is 6.04 Å². The Hall–Kier alpha value is -1.26. The zero-order chi connectivity index (χ0) is 15.8. The average molecular weight is 328 g/mol. The van der Waals surface area contributed by atoms with E-state index in [2.05, 4.69) is 43.1 Å². The van der Waals surface area contributed by atoms with Crippen molar-refractivity contribution >= 4 is 24.0 Å². The highest BCUT2D eigenvalue weighted by atomic mass is 35.5. The molecule has 4 nitrogen and oxygen atoms in total. The Morgan fingerprint density at radius 1 is 1.32 bits per heavy atom. The van der Waals surface area contributed by atoms with Crippen molar-refractivity contribution in [3.63, 3.8) is 0 Å². The summed E-state index contributed by atoms with van der Waals surface area (Å²) in [4.78, 5) is 14.2. The minimum atomic E-state index is -0.413. The van der Waals surface area contributed by atoms with E-state index in [9.17, 15) is 4.79 Å². The van der Waals surface area contributed by atoms with Crippen molar-refractivity contribution in [1.29, 1.82) is 0 Å². The van der Waals surface area contributed by atoms with Crippen LogP contribution in [0.5, 0.6) is 0 Å². The standard InChI is InChI=1S/C17H29N3O.ClH/c1-5-13(3)16(18)17(21)19-11-12-20(6-2)15-10-8-7-9-14(15)4;/h7-10,13,16H,5-6,11-12,18H2,1-4H3,(H,19,21);1H. The molecule has 0 aliphatic carbocycles. The van der Waals surface area contributed by atoms with Gasteiger partial charge < -0.3 is 16.0 Å². The fourth-order valence-corrected chi connectivity index (χ4v) is 2.31. The van der Waals surface area contributed by atoms with Crippen LogP contribution >= 0.6 is 12.4 Å². The van der Waals surface area contributed by atoms with Gasteiger partial charge in [0.25, 0.3) is 0 Å². The molecular weight excluding hydrogens is 298 g/mol. The van der Waals surface area contributed by atoms with E-state index >= 15 is 0 Å². The minimum Gasteiger partial charge on any atom is -0.370 e. The van der Waals surface area contributed by atoms with Crippen LogP contribution in [-0.4, -0.2) is 31.6 Å². The number of nitrogens with zero attached hydrogens (tertiary/aromatic N) is 1. The summed E-state index contributed by atoms with van der Waals surface area (Å²) in [5.74, 6) is 0.161. The molecule has 3 N–H and O–H groups in total. The fourth-order valence-electron chi connectivity index (χ4n) is 2.31. The molecule has 1 amide bonds. The number of carbonyl (C=O) groups is 1. The van der Waals surface area contributed by atoms with Gasteiger partial charge in [0.2, 0.25) is 5.91 Å². The molecular formula is C17H30ClN3O. The predicted molar refractivity (Wildman–Crippen MR) is 96.8 cm³/mol. The molecule has 1 aromatic rings. The molecule has 22 heavy (non-hydrogen) atoms. The van der Waals surface area contributed by atoms with Crippen LogP contribution in [0.2, 0.25) is 0 Å². The van der Waals surface area contributed by atoms with E-state index < -0.39 is 6.04 Å². The van der Waals surface area contributed by atoms with Gasteiger partial charge in [-0.3, -0.25) is 4.79 Å². The van der Waals surface area contributed by atoms with Crippen molar-refractivity contribution in [1.82, 2.24) is 5.32 Å². The minimum absolute atomic E-state index is 0. The van der Waals surface area contributed by atoms with Crippen molar-refractivity contribution in [2.24, 2.45) is 11.7 Å². The molecule has 126 valence electrons. The molecule has 0 bridgehead atoms. The lowest BCUT2D eigenvalue weighted by atomic mass is 9.99. The van der Waals surface area contributed by atoms with Crippen molar-refractivity contribution < 1.29 is 4.79 Å². The van der Waals surface area contributed by atoms with Crippen LogP contribution in [-0.2, 0) is 4.79 Å². The van der Waals surface area contributed by atoms with Gasteiger partial charge in [0.15, 0.2) is 0 Å². The number of anilines is 1. The number of halogens is 1. The molecule has 0 aliphatic rings. The molecule has 0 heterocycles. The zero-order valence-electron chi connectivity index (χ0n) is 14.1. The molecule has 0 fully saturated rings. The molecule has 0 radical (unpaired) electrons. The van der Waals surface area contributed by atoms with Crippen LogP contribution in [0.15, 0.2) is 24.3 Å². The summed E-state index contributed by atoms with van der Waals surface area (Å²) in [6.07, 6.45) is 0.916. The van der Waals surface area contributed by atoms with Crippen LogP contribution in [0.4, 0.5) is 5.69 Å². The molecule has 5 heteroatoms. The van der Waals surface area contributed by atoms with Crippen molar-refractivity contribution in [2.75, 3.05) is 24.5 Å². The molecule has 0 aromatic heterocycles. The summed E-state index contributed by atoms with van der Waals surface area (Å²) >= 11 is 0. The van der Waals surface area contributed by atoms with Gasteiger partial charge in [0.1, 0.15) is 0 Å². The number of nitrogens with one attached hydrogen (secondary N) is 1. The normalized spacial score (nSPS) is 13.0. The fraction of sp³-hybridized carbons (Fsp3) is 0.588. The van der Waals surface area contributed by atoms with Crippen LogP contribution in [0.3, 0.4) is 0 Å². The average Bonchev–Trinajstić information content (AvgIpc) is 2.50. The van der Waals surface area contributed by atoms with Crippen LogP contribution in [0, 0.1) is 12.8 Å². The SMILES string of the molecule is CCC(C)C(N)C(=O)NCCN(CC)c1ccccc1C.Cl. The third-order valence-corrected chi connectivity index (χ3v) is 4.08. The quantitative estimate of drug-likeness (QED) is 0.772. The Bertz CT molecular complexity index is 453. The third kappa shape index (κ3) is 5.85. The Balaban J connectivity index is 0.00000441. The van der Waals surface area contributed by atoms with E-state index in [-0.39, 0.29) is 24.2 Å². The molecule has 0 saturated heterocycles. The maximum atomic E-state index is 12.0. The topological polar surface area (TPSA) is 58.4 Å². The number of rotatable bonds is 8. The number of benzene rings is 1. The summed E-state index contributed by atoms with van der Waals surface area (Å²) in [5, 5.41) is 2.95. The molecule has 1 aromatic carbocycles. The van der Waals surface area contributed by atoms with E-state index in [0.29, 0.717) is 6.54 Å². The van der Waals surface area contributed by atoms with Gasteiger partial charge in [-0.05, 0) is 31.4 Å². The molecule has 2 atom stereocenters. The lowest BCUT2D eigenvalue weighted by molar-refractivity contribution is -0.123. The smallest absolute Gasteiger partial charge is 0.237 e. The van der Waals surface area contributed by atoms with Crippen LogP contribution in [0.25, 0.3) is 0 Å². The lowest BCUT2D eigenvalue weighted by Gasteiger charge is -2.25. The first kappa shape index (κ1) is 20.7. The zero-order valence-corrected chi connectivity index (χ0v) is 15.0. The van der Waals surface area contributed by atoms with Crippen LogP contribution in [0.1, 0.15) is 32.8 Å². The highest BCUT2D eigenvalue weighted by Gasteiger charge is 2.19. The van der Waals surface area contributed by atoms with Crippen molar-refractivity contribution in [3.8, 4) is 0 Å². The number of carbonyl (C=O) groups excluding carboxylic acids is 1. The third-order valence-electron chi connectivity index (χ3n) is 4.08. The molecule has 0 spiro atoms. The van der Waals surface area contributed by atoms with Gasteiger partial charge >= 0.3 is 0 Å². The number of hydrogen-bond donors (Lipinski definition) is 2. The van der Waals surface area contributed by atoms with E-state index in [4.69, 9.17) is 5.73 Å². The van der Waals surface area contributed by atoms with Gasteiger partial charge in [-0.1, -0.05) is 38.5 Å². The Kier molecular flexibility index (Phi) is 9.86. The number of nitrogens with two attached hydrogens (primary N) is 1. The Morgan fingerprint density at radius 2 is 1.95 bits per heavy atom. The highest BCUT2D eigenvalue weighted by molar-refractivity contribution is 5.85.